The third-order valence-corrected chi connectivity index (χ3v) is 1.86. The third-order valence-electron chi connectivity index (χ3n) is 1.86. The maximum absolute atomic E-state index is 11.1. The SMILES string of the molecule is CC(C)=C1C(=O)NC(=O)[C@H]1C(N)=O. The summed E-state index contributed by atoms with van der Waals surface area (Å²) in [6.45, 7) is 3.31. The Balaban J connectivity index is 3.20. The maximum atomic E-state index is 11.1. The molecule has 0 spiro atoms. The largest absolute Gasteiger partial charge is 0.369 e. The molecule has 1 rings (SSSR count). The van der Waals surface area contributed by atoms with E-state index in [1.165, 1.54) is 0 Å². The third kappa shape index (κ3) is 1.44. The van der Waals surface area contributed by atoms with Gasteiger partial charge in [-0.25, -0.2) is 0 Å². The highest BCUT2D eigenvalue weighted by Crippen LogP contribution is 2.21. The van der Waals surface area contributed by atoms with Crippen LogP contribution in [-0.2, 0) is 14.4 Å². The molecular formula is C8H10N2O3. The zero-order valence-electron chi connectivity index (χ0n) is 7.38. The second-order valence-corrected chi connectivity index (χ2v) is 3.07. The standard InChI is InChI=1S/C8H10N2O3/c1-3(2)4-5(6(9)11)8(13)10-7(4)12/h5H,1-2H3,(H2,9,11)(H,10,12,13)/t5-/m1/s1. The van der Waals surface area contributed by atoms with E-state index >= 15 is 0 Å². The van der Waals surface area contributed by atoms with E-state index in [2.05, 4.69) is 0 Å². The summed E-state index contributed by atoms with van der Waals surface area (Å²) in [6, 6.07) is 0. The predicted molar refractivity (Wildman–Crippen MR) is 44.2 cm³/mol. The van der Waals surface area contributed by atoms with E-state index in [1.807, 2.05) is 5.32 Å². The fourth-order valence-corrected chi connectivity index (χ4v) is 1.30. The molecule has 1 fully saturated rings. The van der Waals surface area contributed by atoms with Crippen molar-refractivity contribution in [3.8, 4) is 0 Å². The second kappa shape index (κ2) is 3.01. The lowest BCUT2D eigenvalue weighted by molar-refractivity contribution is -0.130. The quantitative estimate of drug-likeness (QED) is 0.312. The molecule has 0 aromatic carbocycles. The van der Waals surface area contributed by atoms with E-state index < -0.39 is 23.6 Å². The van der Waals surface area contributed by atoms with Crippen LogP contribution in [0.2, 0.25) is 0 Å². The summed E-state index contributed by atoms with van der Waals surface area (Å²) in [7, 11) is 0. The number of nitrogens with one attached hydrogen (secondary N) is 1. The Morgan fingerprint density at radius 3 is 2.23 bits per heavy atom. The Kier molecular flexibility index (Phi) is 2.18. The first-order valence-electron chi connectivity index (χ1n) is 3.77. The number of hydrogen-bond acceptors (Lipinski definition) is 3. The van der Waals surface area contributed by atoms with Crippen molar-refractivity contribution in [2.45, 2.75) is 13.8 Å². The molecule has 70 valence electrons. The van der Waals surface area contributed by atoms with E-state index in [1.54, 1.807) is 13.8 Å². The van der Waals surface area contributed by atoms with Crippen LogP contribution in [0.15, 0.2) is 11.1 Å². The summed E-state index contributed by atoms with van der Waals surface area (Å²) in [4.78, 5) is 33.1. The Morgan fingerprint density at radius 2 is 1.92 bits per heavy atom. The van der Waals surface area contributed by atoms with Crippen LogP contribution in [0.3, 0.4) is 0 Å². The maximum Gasteiger partial charge on any atom is 0.255 e. The molecular weight excluding hydrogens is 172 g/mol. The van der Waals surface area contributed by atoms with Gasteiger partial charge in [0.15, 0.2) is 0 Å². The van der Waals surface area contributed by atoms with Gasteiger partial charge < -0.3 is 5.73 Å². The molecule has 1 saturated heterocycles. The van der Waals surface area contributed by atoms with E-state index in [0.717, 1.165) is 0 Å². The Hall–Kier alpha value is -1.65. The molecule has 0 aliphatic carbocycles. The Morgan fingerprint density at radius 1 is 1.38 bits per heavy atom. The van der Waals surface area contributed by atoms with Gasteiger partial charge in [-0.15, -0.1) is 0 Å². The van der Waals surface area contributed by atoms with Gasteiger partial charge in [0.05, 0.1) is 0 Å². The Bertz CT molecular complexity index is 326. The van der Waals surface area contributed by atoms with Gasteiger partial charge in [-0.2, -0.15) is 0 Å². The number of rotatable bonds is 1. The molecule has 0 unspecified atom stereocenters. The highest BCUT2D eigenvalue weighted by atomic mass is 16.2. The first-order chi connectivity index (χ1) is 5.95. The van der Waals surface area contributed by atoms with Crippen molar-refractivity contribution in [3.63, 3.8) is 0 Å². The molecule has 0 aromatic rings. The van der Waals surface area contributed by atoms with Gasteiger partial charge in [0.25, 0.3) is 5.91 Å². The van der Waals surface area contributed by atoms with Crippen LogP contribution in [0.5, 0.6) is 0 Å². The predicted octanol–water partition coefficient (Wildman–Crippen LogP) is -0.919. The van der Waals surface area contributed by atoms with Gasteiger partial charge >= 0.3 is 0 Å². The fraction of sp³-hybridized carbons (Fsp3) is 0.375. The Labute approximate surface area is 75.0 Å². The highest BCUT2D eigenvalue weighted by molar-refractivity contribution is 6.23. The minimum Gasteiger partial charge on any atom is -0.369 e. The van der Waals surface area contributed by atoms with Gasteiger partial charge in [0.2, 0.25) is 11.8 Å². The summed E-state index contributed by atoms with van der Waals surface area (Å²) in [5.74, 6) is -3.06. The van der Waals surface area contributed by atoms with E-state index in [4.69, 9.17) is 5.73 Å². The van der Waals surface area contributed by atoms with Gasteiger partial charge in [-0.1, -0.05) is 5.57 Å². The van der Waals surface area contributed by atoms with Crippen LogP contribution in [0.1, 0.15) is 13.8 Å². The number of carbonyl (C=O) groups excluding carboxylic acids is 3. The van der Waals surface area contributed by atoms with Crippen molar-refractivity contribution in [3.05, 3.63) is 11.1 Å². The van der Waals surface area contributed by atoms with Crippen LogP contribution >= 0.6 is 0 Å². The number of carbonyl (C=O) groups is 3. The van der Waals surface area contributed by atoms with Gasteiger partial charge in [-0.05, 0) is 13.8 Å². The summed E-state index contributed by atoms with van der Waals surface area (Å²) in [5.41, 5.74) is 5.80. The van der Waals surface area contributed by atoms with E-state index in [0.29, 0.717) is 5.57 Å². The number of amides is 3. The first-order valence-corrected chi connectivity index (χ1v) is 3.77. The summed E-state index contributed by atoms with van der Waals surface area (Å²) >= 11 is 0. The second-order valence-electron chi connectivity index (χ2n) is 3.07. The van der Waals surface area contributed by atoms with Gasteiger partial charge in [0, 0.05) is 5.57 Å². The number of hydrogen-bond donors (Lipinski definition) is 2. The van der Waals surface area contributed by atoms with Crippen LogP contribution < -0.4 is 11.1 Å². The number of allylic oxidation sites excluding steroid dienone is 1. The van der Waals surface area contributed by atoms with Crippen molar-refractivity contribution >= 4 is 17.7 Å². The molecule has 3 amide bonds. The first kappa shape index (κ1) is 9.44. The van der Waals surface area contributed by atoms with Crippen molar-refractivity contribution in [1.29, 1.82) is 0 Å². The molecule has 0 radical (unpaired) electrons. The minimum atomic E-state index is -1.11. The van der Waals surface area contributed by atoms with Gasteiger partial charge in [0.1, 0.15) is 5.92 Å². The normalized spacial score (nSPS) is 21.7. The zero-order chi connectivity index (χ0) is 10.2. The molecule has 0 bridgehead atoms. The summed E-state index contributed by atoms with van der Waals surface area (Å²) in [6.07, 6.45) is 0. The molecule has 13 heavy (non-hydrogen) atoms. The number of primary amides is 1. The lowest BCUT2D eigenvalue weighted by atomic mass is 9.97. The molecule has 1 heterocycles. The molecule has 1 atom stereocenters. The van der Waals surface area contributed by atoms with E-state index in [9.17, 15) is 14.4 Å². The lowest BCUT2D eigenvalue weighted by Crippen LogP contribution is -2.31. The molecule has 5 heteroatoms. The highest BCUT2D eigenvalue weighted by Gasteiger charge is 2.40. The summed E-state index contributed by atoms with van der Waals surface area (Å²) in [5, 5.41) is 2.04. The molecule has 0 saturated carbocycles. The van der Waals surface area contributed by atoms with Crippen LogP contribution in [0, 0.1) is 5.92 Å². The van der Waals surface area contributed by atoms with Crippen molar-refractivity contribution < 1.29 is 14.4 Å². The van der Waals surface area contributed by atoms with E-state index in [-0.39, 0.29) is 5.57 Å². The molecule has 0 aromatic heterocycles. The molecule has 5 nitrogen and oxygen atoms in total. The molecule has 1 aliphatic rings. The summed E-state index contributed by atoms with van der Waals surface area (Å²) < 4.78 is 0. The number of imide groups is 1. The van der Waals surface area contributed by atoms with Crippen LogP contribution in [-0.4, -0.2) is 17.7 Å². The topological polar surface area (TPSA) is 89.3 Å². The average molecular weight is 182 g/mol. The van der Waals surface area contributed by atoms with Crippen molar-refractivity contribution in [1.82, 2.24) is 5.32 Å². The molecule has 3 N–H and O–H groups in total. The van der Waals surface area contributed by atoms with Gasteiger partial charge in [-0.3, -0.25) is 19.7 Å². The zero-order valence-corrected chi connectivity index (χ0v) is 7.38. The van der Waals surface area contributed by atoms with Crippen LogP contribution in [0.4, 0.5) is 0 Å². The lowest BCUT2D eigenvalue weighted by Gasteiger charge is -2.03. The van der Waals surface area contributed by atoms with Crippen molar-refractivity contribution in [2.24, 2.45) is 11.7 Å². The number of nitrogens with two attached hydrogens (primary N) is 1. The molecule has 1 aliphatic heterocycles. The monoisotopic (exact) mass is 182 g/mol. The average Bonchev–Trinajstić information content (AvgIpc) is 2.24. The fourth-order valence-electron chi connectivity index (χ4n) is 1.30. The van der Waals surface area contributed by atoms with Crippen LogP contribution in [0.25, 0.3) is 0 Å². The smallest absolute Gasteiger partial charge is 0.255 e. The minimum absolute atomic E-state index is 0.178. The van der Waals surface area contributed by atoms with Crippen molar-refractivity contribution in [2.75, 3.05) is 0 Å².